The van der Waals surface area contributed by atoms with Gasteiger partial charge in [-0.25, -0.2) is 0 Å². The molecule has 1 fully saturated rings. The highest BCUT2D eigenvalue weighted by molar-refractivity contribution is 6.12. The molecule has 0 aromatic carbocycles. The summed E-state index contributed by atoms with van der Waals surface area (Å²) in [6.07, 6.45) is 8.05. The van der Waals surface area contributed by atoms with E-state index >= 15 is 0 Å². The number of pyridine rings is 1. The van der Waals surface area contributed by atoms with Gasteiger partial charge in [0.15, 0.2) is 5.76 Å². The smallest absolute Gasteiger partial charge is 0.263 e. The Morgan fingerprint density at radius 1 is 1.50 bits per heavy atom. The maximum Gasteiger partial charge on any atom is 0.263 e. The first-order valence-electron chi connectivity index (χ1n) is 9.95. The van der Waals surface area contributed by atoms with Gasteiger partial charge >= 0.3 is 0 Å². The number of nitrogens with two attached hydrogens (primary N) is 2. The lowest BCUT2D eigenvalue weighted by molar-refractivity contribution is -0.0463. The Kier molecular flexibility index (Phi) is 6.09. The van der Waals surface area contributed by atoms with Crippen molar-refractivity contribution in [2.24, 2.45) is 16.6 Å². The van der Waals surface area contributed by atoms with Crippen molar-refractivity contribution in [1.82, 2.24) is 4.98 Å². The van der Waals surface area contributed by atoms with Gasteiger partial charge in [-0.1, -0.05) is 13.0 Å². The molecular formula is C22H29N5O3. The summed E-state index contributed by atoms with van der Waals surface area (Å²) in [5.41, 5.74) is 13.2. The number of rotatable bonds is 5. The van der Waals surface area contributed by atoms with Crippen LogP contribution in [0.4, 0.5) is 17.3 Å². The Morgan fingerprint density at radius 3 is 2.87 bits per heavy atom. The number of amides is 1. The molecule has 1 saturated carbocycles. The molecule has 30 heavy (non-hydrogen) atoms. The summed E-state index contributed by atoms with van der Waals surface area (Å²) in [5.74, 6) is -0.0317. The van der Waals surface area contributed by atoms with E-state index in [0.29, 0.717) is 17.9 Å². The fourth-order valence-electron chi connectivity index (χ4n) is 4.08. The van der Waals surface area contributed by atoms with E-state index in [1.807, 2.05) is 19.9 Å². The number of carbonyl (C=O) groups is 1. The van der Waals surface area contributed by atoms with Crippen LogP contribution in [0.3, 0.4) is 0 Å². The van der Waals surface area contributed by atoms with Crippen LogP contribution in [0.1, 0.15) is 61.2 Å². The zero-order valence-electron chi connectivity index (χ0n) is 17.6. The summed E-state index contributed by atoms with van der Waals surface area (Å²) in [7, 11) is 0. The molecule has 0 spiro atoms. The second kappa shape index (κ2) is 8.41. The molecular weight excluding hydrogens is 382 g/mol. The number of aromatic nitrogens is 1. The standard InChI is InChI=1S/C22H29N5O3/c1-5-6-16-19(25-4)18(20(24)30-16)21(28)27-15-11-26-8-7-14(15)13-9-12(2)22(3,29)17(23)10-13/h5-8,11-13,17,29H,4,9-10,23-24H2,1-3H3,(H,27,28)/b6-5-/t12-,13+,17+,22+/m0/s1. The number of aliphatic hydroxyl groups is 1. The minimum atomic E-state index is -0.925. The van der Waals surface area contributed by atoms with E-state index in [2.05, 4.69) is 22.0 Å². The third kappa shape index (κ3) is 3.88. The SMILES string of the molecule is C=Nc1c(/C=C\C)oc(N)c1C(=O)Nc1cnccc1[C@H]1C[C@@H](N)[C@](C)(O)[C@@H](C)C1. The predicted octanol–water partition coefficient (Wildman–Crippen LogP) is 3.47. The minimum absolute atomic E-state index is 0.00689. The molecule has 6 N–H and O–H groups in total. The van der Waals surface area contributed by atoms with Crippen LogP contribution >= 0.6 is 0 Å². The normalized spacial score (nSPS) is 26.6. The van der Waals surface area contributed by atoms with E-state index in [-0.39, 0.29) is 35.0 Å². The number of hydrogen-bond acceptors (Lipinski definition) is 7. The van der Waals surface area contributed by atoms with Crippen molar-refractivity contribution < 1.29 is 14.3 Å². The molecule has 0 unspecified atom stereocenters. The Morgan fingerprint density at radius 2 is 2.23 bits per heavy atom. The molecule has 160 valence electrons. The summed E-state index contributed by atoms with van der Waals surface area (Å²) >= 11 is 0. The summed E-state index contributed by atoms with van der Waals surface area (Å²) in [5, 5.41) is 13.5. The Bertz CT molecular complexity index is 965. The molecule has 1 aliphatic carbocycles. The Labute approximate surface area is 176 Å². The van der Waals surface area contributed by atoms with Crippen LogP contribution < -0.4 is 16.8 Å². The lowest BCUT2D eigenvalue weighted by atomic mass is 9.68. The number of nitrogens with one attached hydrogen (secondary N) is 1. The number of hydrogen-bond donors (Lipinski definition) is 4. The fourth-order valence-corrected chi connectivity index (χ4v) is 4.08. The maximum atomic E-state index is 13.0. The molecule has 0 aliphatic heterocycles. The predicted molar refractivity (Wildman–Crippen MR) is 119 cm³/mol. The lowest BCUT2D eigenvalue weighted by Gasteiger charge is -2.44. The number of carbonyl (C=O) groups excluding carboxylic acids is 1. The van der Waals surface area contributed by atoms with Crippen LogP contribution in [0.25, 0.3) is 6.08 Å². The molecule has 2 heterocycles. The van der Waals surface area contributed by atoms with Gasteiger partial charge in [-0.2, -0.15) is 0 Å². The molecule has 2 aromatic rings. The fraction of sp³-hybridized carbons (Fsp3) is 0.409. The van der Waals surface area contributed by atoms with Crippen molar-refractivity contribution in [2.75, 3.05) is 11.1 Å². The maximum absolute atomic E-state index is 13.0. The van der Waals surface area contributed by atoms with Crippen LogP contribution in [0.2, 0.25) is 0 Å². The second-order valence-electron chi connectivity index (χ2n) is 8.03. The Balaban J connectivity index is 1.91. The van der Waals surface area contributed by atoms with Gasteiger partial charge in [0.2, 0.25) is 5.88 Å². The summed E-state index contributed by atoms with van der Waals surface area (Å²) in [6, 6.07) is 1.50. The Hall–Kier alpha value is -2.97. The first kappa shape index (κ1) is 21.7. The molecule has 4 atom stereocenters. The van der Waals surface area contributed by atoms with Gasteiger partial charge in [0.1, 0.15) is 11.3 Å². The van der Waals surface area contributed by atoms with E-state index in [0.717, 1.165) is 12.0 Å². The topological polar surface area (TPSA) is 140 Å². The lowest BCUT2D eigenvalue weighted by Crippen LogP contribution is -2.54. The van der Waals surface area contributed by atoms with Crippen molar-refractivity contribution in [2.45, 2.75) is 51.2 Å². The summed E-state index contributed by atoms with van der Waals surface area (Å²) < 4.78 is 5.47. The van der Waals surface area contributed by atoms with E-state index < -0.39 is 11.5 Å². The quantitative estimate of drug-likeness (QED) is 0.555. The molecule has 0 bridgehead atoms. The average molecular weight is 412 g/mol. The zero-order valence-corrected chi connectivity index (χ0v) is 17.6. The van der Waals surface area contributed by atoms with Crippen molar-refractivity contribution in [3.8, 4) is 0 Å². The summed E-state index contributed by atoms with van der Waals surface area (Å²) in [4.78, 5) is 21.1. The minimum Gasteiger partial charge on any atom is -0.438 e. The molecule has 2 aromatic heterocycles. The number of nitrogen functional groups attached to an aromatic ring is 1. The number of anilines is 2. The van der Waals surface area contributed by atoms with Gasteiger partial charge in [0, 0.05) is 12.2 Å². The number of furan rings is 1. The van der Waals surface area contributed by atoms with E-state index in [1.54, 1.807) is 31.5 Å². The van der Waals surface area contributed by atoms with Crippen LogP contribution in [0.15, 0.2) is 33.9 Å². The van der Waals surface area contributed by atoms with E-state index in [1.165, 1.54) is 0 Å². The monoisotopic (exact) mass is 411 g/mol. The number of aliphatic imine (C=N–C) groups is 1. The van der Waals surface area contributed by atoms with Gasteiger partial charge in [-0.3, -0.25) is 14.8 Å². The first-order valence-corrected chi connectivity index (χ1v) is 9.95. The largest absolute Gasteiger partial charge is 0.438 e. The third-order valence-electron chi connectivity index (χ3n) is 6.11. The van der Waals surface area contributed by atoms with Crippen LogP contribution in [-0.2, 0) is 0 Å². The summed E-state index contributed by atoms with van der Waals surface area (Å²) in [6.45, 7) is 9.12. The molecule has 0 saturated heterocycles. The molecule has 8 heteroatoms. The van der Waals surface area contributed by atoms with Gasteiger partial charge in [-0.15, -0.1) is 0 Å². The molecule has 1 aliphatic rings. The van der Waals surface area contributed by atoms with Crippen molar-refractivity contribution >= 4 is 36.0 Å². The van der Waals surface area contributed by atoms with Crippen molar-refractivity contribution in [1.29, 1.82) is 0 Å². The number of allylic oxidation sites excluding steroid dienone is 1. The van der Waals surface area contributed by atoms with E-state index in [4.69, 9.17) is 15.9 Å². The van der Waals surface area contributed by atoms with Crippen LogP contribution in [0, 0.1) is 5.92 Å². The molecule has 1 amide bonds. The first-order chi connectivity index (χ1) is 14.2. The highest BCUT2D eigenvalue weighted by Gasteiger charge is 2.42. The molecule has 3 rings (SSSR count). The highest BCUT2D eigenvalue weighted by atomic mass is 16.4. The molecule has 8 nitrogen and oxygen atoms in total. The van der Waals surface area contributed by atoms with Crippen LogP contribution in [0.5, 0.6) is 0 Å². The van der Waals surface area contributed by atoms with Crippen molar-refractivity contribution in [3.63, 3.8) is 0 Å². The highest BCUT2D eigenvalue weighted by Crippen LogP contribution is 2.43. The zero-order chi connectivity index (χ0) is 22.1. The van der Waals surface area contributed by atoms with Crippen molar-refractivity contribution in [3.05, 3.63) is 41.4 Å². The second-order valence-corrected chi connectivity index (χ2v) is 8.03. The van der Waals surface area contributed by atoms with Gasteiger partial charge in [0.05, 0.1) is 17.5 Å². The van der Waals surface area contributed by atoms with Gasteiger partial charge in [-0.05, 0) is 62.9 Å². The molecule has 0 radical (unpaired) electrons. The van der Waals surface area contributed by atoms with Gasteiger partial charge < -0.3 is 26.3 Å². The average Bonchev–Trinajstić information content (AvgIpc) is 3.02. The van der Waals surface area contributed by atoms with Gasteiger partial charge in [0.25, 0.3) is 5.91 Å². The number of nitrogens with zero attached hydrogens (tertiary/aromatic N) is 2. The third-order valence-corrected chi connectivity index (χ3v) is 6.11. The van der Waals surface area contributed by atoms with E-state index in [9.17, 15) is 9.90 Å². The van der Waals surface area contributed by atoms with Crippen LogP contribution in [-0.4, -0.2) is 34.4 Å².